The summed E-state index contributed by atoms with van der Waals surface area (Å²) in [5, 5.41) is 0. The maximum Gasteiger partial charge on any atom is 0.245 e. The van der Waals surface area contributed by atoms with Crippen LogP contribution in [0, 0.1) is 5.82 Å². The first-order chi connectivity index (χ1) is 9.29. The number of nitrogens with two attached hydrogens (primary N) is 1. The molecule has 0 bridgehead atoms. The Labute approximate surface area is 120 Å². The van der Waals surface area contributed by atoms with Gasteiger partial charge in [0.15, 0.2) is 0 Å². The fourth-order valence-corrected chi connectivity index (χ4v) is 2.98. The van der Waals surface area contributed by atoms with Gasteiger partial charge in [-0.25, -0.2) is 17.5 Å². The highest BCUT2D eigenvalue weighted by Gasteiger charge is 2.21. The van der Waals surface area contributed by atoms with Gasteiger partial charge in [0.25, 0.3) is 0 Å². The van der Waals surface area contributed by atoms with Gasteiger partial charge in [-0.05, 0) is 32.5 Å². The second kappa shape index (κ2) is 7.01. The Morgan fingerprint density at radius 3 is 2.65 bits per heavy atom. The van der Waals surface area contributed by atoms with Gasteiger partial charge in [0.2, 0.25) is 10.0 Å². The summed E-state index contributed by atoms with van der Waals surface area (Å²) in [4.78, 5) is 1.55. The molecule has 0 aromatic heterocycles. The molecule has 0 heterocycles. The van der Waals surface area contributed by atoms with Crippen molar-refractivity contribution in [1.29, 1.82) is 0 Å². The van der Waals surface area contributed by atoms with E-state index < -0.39 is 20.7 Å². The smallest absolute Gasteiger partial charge is 0.245 e. The van der Waals surface area contributed by atoms with E-state index in [9.17, 15) is 12.8 Å². The van der Waals surface area contributed by atoms with E-state index in [2.05, 4.69) is 18.6 Å². The maximum absolute atomic E-state index is 13.6. The third-order valence-corrected chi connectivity index (χ3v) is 4.92. The van der Waals surface area contributed by atoms with Crippen LogP contribution in [0.25, 0.3) is 0 Å². The minimum Gasteiger partial charge on any atom is -0.398 e. The molecule has 0 aliphatic carbocycles. The molecule has 20 heavy (non-hydrogen) atoms. The maximum atomic E-state index is 13.6. The summed E-state index contributed by atoms with van der Waals surface area (Å²) in [5.74, 6) is -0.840. The lowest BCUT2D eigenvalue weighted by Gasteiger charge is -2.23. The molecule has 1 rings (SSSR count). The Morgan fingerprint density at radius 1 is 1.45 bits per heavy atom. The van der Waals surface area contributed by atoms with Crippen molar-refractivity contribution >= 4 is 15.7 Å². The summed E-state index contributed by atoms with van der Waals surface area (Å²) in [5.41, 5.74) is 5.45. The Hall–Kier alpha value is -1.18. The lowest BCUT2D eigenvalue weighted by atomic mass is 10.2. The molecule has 0 radical (unpaired) electrons. The number of nitrogens with one attached hydrogen (secondary N) is 1. The zero-order chi connectivity index (χ0) is 15.3. The van der Waals surface area contributed by atoms with Crippen molar-refractivity contribution in [2.45, 2.75) is 31.2 Å². The van der Waals surface area contributed by atoms with Crippen LogP contribution < -0.4 is 10.5 Å². The lowest BCUT2D eigenvalue weighted by molar-refractivity contribution is 0.256. The molecule has 0 saturated carbocycles. The average Bonchev–Trinajstić information content (AvgIpc) is 2.36. The Balaban J connectivity index is 2.72. The third-order valence-electron chi connectivity index (χ3n) is 3.37. The fourth-order valence-electron chi connectivity index (χ4n) is 1.77. The van der Waals surface area contributed by atoms with E-state index in [-0.39, 0.29) is 12.2 Å². The summed E-state index contributed by atoms with van der Waals surface area (Å²) in [6, 6.07) is 4.18. The molecule has 0 amide bonds. The van der Waals surface area contributed by atoms with E-state index in [1.165, 1.54) is 12.1 Å². The number of anilines is 1. The van der Waals surface area contributed by atoms with Crippen LogP contribution in [0.15, 0.2) is 23.1 Å². The third kappa shape index (κ3) is 4.16. The second-order valence-electron chi connectivity index (χ2n) is 4.79. The van der Waals surface area contributed by atoms with Gasteiger partial charge in [-0.3, -0.25) is 0 Å². The number of benzene rings is 1. The lowest BCUT2D eigenvalue weighted by Crippen LogP contribution is -2.37. The van der Waals surface area contributed by atoms with Gasteiger partial charge < -0.3 is 10.6 Å². The molecule has 0 aliphatic rings. The molecule has 1 atom stereocenters. The van der Waals surface area contributed by atoms with Gasteiger partial charge >= 0.3 is 0 Å². The molecule has 0 spiro atoms. The molecule has 7 heteroatoms. The zero-order valence-corrected chi connectivity index (χ0v) is 12.9. The van der Waals surface area contributed by atoms with Crippen molar-refractivity contribution in [3.63, 3.8) is 0 Å². The van der Waals surface area contributed by atoms with Crippen LogP contribution in [-0.4, -0.2) is 39.5 Å². The molecule has 3 N–H and O–H groups in total. The molecular formula is C13H22FN3O2S. The number of hydrogen-bond acceptors (Lipinski definition) is 4. The second-order valence-corrected chi connectivity index (χ2v) is 6.50. The van der Waals surface area contributed by atoms with Crippen molar-refractivity contribution in [3.8, 4) is 0 Å². The molecule has 5 nitrogen and oxygen atoms in total. The van der Waals surface area contributed by atoms with Crippen LogP contribution in [0.1, 0.15) is 20.3 Å². The van der Waals surface area contributed by atoms with Crippen molar-refractivity contribution in [2.24, 2.45) is 0 Å². The first-order valence-corrected chi connectivity index (χ1v) is 8.01. The Morgan fingerprint density at radius 2 is 2.10 bits per heavy atom. The highest BCUT2D eigenvalue weighted by molar-refractivity contribution is 7.89. The van der Waals surface area contributed by atoms with Gasteiger partial charge in [-0.2, -0.15) is 0 Å². The number of nitrogens with zero attached hydrogens (tertiary/aromatic N) is 1. The van der Waals surface area contributed by atoms with E-state index in [0.29, 0.717) is 12.6 Å². The number of hydrogen-bond donors (Lipinski definition) is 2. The van der Waals surface area contributed by atoms with Crippen LogP contribution in [0.3, 0.4) is 0 Å². The molecule has 1 aromatic carbocycles. The summed E-state index contributed by atoms with van der Waals surface area (Å²) in [6.45, 7) is 4.87. The van der Waals surface area contributed by atoms with Crippen molar-refractivity contribution in [1.82, 2.24) is 9.62 Å². The molecule has 0 aliphatic heterocycles. The van der Waals surface area contributed by atoms with Crippen molar-refractivity contribution in [3.05, 3.63) is 24.0 Å². The van der Waals surface area contributed by atoms with Gasteiger partial charge in [-0.15, -0.1) is 0 Å². The largest absolute Gasteiger partial charge is 0.398 e. The van der Waals surface area contributed by atoms with Crippen LogP contribution in [0.5, 0.6) is 0 Å². The van der Waals surface area contributed by atoms with Crippen LogP contribution in [0.2, 0.25) is 0 Å². The summed E-state index contributed by atoms with van der Waals surface area (Å²) in [7, 11) is -2.01. The first-order valence-electron chi connectivity index (χ1n) is 6.53. The quantitative estimate of drug-likeness (QED) is 0.747. The Bertz CT molecular complexity index is 528. The Kier molecular flexibility index (Phi) is 5.91. The predicted molar refractivity (Wildman–Crippen MR) is 78.4 cm³/mol. The normalized spacial score (nSPS) is 13.7. The first kappa shape index (κ1) is 16.9. The van der Waals surface area contributed by atoms with Gasteiger partial charge in [0, 0.05) is 19.1 Å². The standard InChI is InChI=1S/C13H22FN3O2S/c1-4-10(2)17(3)9-8-16-20(18,19)13-11(14)6-5-7-12(13)15/h5-7,10,16H,4,8-9,15H2,1-3H3. The number of halogens is 1. The van der Waals surface area contributed by atoms with E-state index >= 15 is 0 Å². The molecule has 114 valence electrons. The van der Waals surface area contributed by atoms with Crippen molar-refractivity contribution < 1.29 is 12.8 Å². The fraction of sp³-hybridized carbons (Fsp3) is 0.538. The number of rotatable bonds is 7. The van der Waals surface area contributed by atoms with Gasteiger partial charge in [0.1, 0.15) is 10.7 Å². The molecule has 1 aromatic rings. The summed E-state index contributed by atoms with van der Waals surface area (Å²) in [6.07, 6.45) is 0.976. The molecule has 0 saturated heterocycles. The van der Waals surface area contributed by atoms with Crippen LogP contribution in [-0.2, 0) is 10.0 Å². The topological polar surface area (TPSA) is 75.4 Å². The number of sulfonamides is 1. The van der Waals surface area contributed by atoms with Crippen molar-refractivity contribution in [2.75, 3.05) is 25.9 Å². The van der Waals surface area contributed by atoms with Gasteiger partial charge in [-0.1, -0.05) is 13.0 Å². The average molecular weight is 303 g/mol. The molecular weight excluding hydrogens is 281 g/mol. The van der Waals surface area contributed by atoms with Gasteiger partial charge in [0.05, 0.1) is 5.69 Å². The predicted octanol–water partition coefficient (Wildman–Crippen LogP) is 1.42. The highest BCUT2D eigenvalue weighted by Crippen LogP contribution is 2.21. The van der Waals surface area contributed by atoms with E-state index in [0.717, 1.165) is 12.5 Å². The molecule has 1 unspecified atom stereocenters. The number of likely N-dealkylation sites (N-methyl/N-ethyl adjacent to an activating group) is 1. The minimum absolute atomic E-state index is 0.0900. The summed E-state index contributed by atoms with van der Waals surface area (Å²) < 4.78 is 40.1. The minimum atomic E-state index is -3.93. The van der Waals surface area contributed by atoms with E-state index in [1.54, 1.807) is 0 Å². The molecule has 0 fully saturated rings. The highest BCUT2D eigenvalue weighted by atomic mass is 32.2. The van der Waals surface area contributed by atoms with Crippen LogP contribution in [0.4, 0.5) is 10.1 Å². The van der Waals surface area contributed by atoms with E-state index in [1.807, 2.05) is 11.9 Å². The van der Waals surface area contributed by atoms with E-state index in [4.69, 9.17) is 5.73 Å². The number of nitrogen functional groups attached to an aromatic ring is 1. The zero-order valence-electron chi connectivity index (χ0n) is 12.1. The summed E-state index contributed by atoms with van der Waals surface area (Å²) >= 11 is 0. The monoisotopic (exact) mass is 303 g/mol. The SMILES string of the molecule is CCC(C)N(C)CCNS(=O)(=O)c1c(N)cccc1F. The van der Waals surface area contributed by atoms with Crippen LogP contribution >= 0.6 is 0 Å².